The second-order valence-electron chi connectivity index (χ2n) is 9.00. The van der Waals surface area contributed by atoms with E-state index >= 15 is 0 Å². The van der Waals surface area contributed by atoms with Crippen molar-refractivity contribution >= 4 is 22.7 Å². The first-order chi connectivity index (χ1) is 15.7. The molecule has 4 nitrogen and oxygen atoms in total. The molecule has 1 fully saturated rings. The summed E-state index contributed by atoms with van der Waals surface area (Å²) < 4.78 is 13.0. The van der Waals surface area contributed by atoms with Crippen molar-refractivity contribution in [3.05, 3.63) is 77.8 Å². The van der Waals surface area contributed by atoms with Crippen LogP contribution in [0.15, 0.2) is 60.8 Å². The van der Waals surface area contributed by atoms with Gasteiger partial charge >= 0.3 is 0 Å². The first-order valence-electron chi connectivity index (χ1n) is 11.6. The number of halogens is 1. The number of benzene rings is 2. The third kappa shape index (κ3) is 8.85. The highest BCUT2D eigenvalue weighted by molar-refractivity contribution is 6.11. The lowest BCUT2D eigenvalue weighted by molar-refractivity contribution is -0.113. The number of rotatable bonds is 6. The molecular formula is C28H37FN2O2. The summed E-state index contributed by atoms with van der Waals surface area (Å²) in [5.41, 5.74) is 4.82. The number of carbonyl (C=O) groups is 1. The second-order valence-corrected chi connectivity index (χ2v) is 9.00. The number of hydrogen-bond donors (Lipinski definition) is 2. The van der Waals surface area contributed by atoms with E-state index in [0.717, 1.165) is 28.4 Å². The average molecular weight is 453 g/mol. The van der Waals surface area contributed by atoms with Crippen molar-refractivity contribution in [2.75, 3.05) is 23.4 Å². The van der Waals surface area contributed by atoms with Crippen LogP contribution in [-0.4, -0.2) is 24.0 Å². The van der Waals surface area contributed by atoms with E-state index in [0.29, 0.717) is 24.2 Å². The fourth-order valence-corrected chi connectivity index (χ4v) is 2.99. The van der Waals surface area contributed by atoms with E-state index in [1.165, 1.54) is 38.3 Å². The average Bonchev–Trinajstić information content (AvgIpc) is 3.64. The van der Waals surface area contributed by atoms with Gasteiger partial charge in [0.25, 0.3) is 0 Å². The number of hydrogen-bond acceptors (Lipinski definition) is 4. The zero-order valence-electron chi connectivity index (χ0n) is 20.3. The molecule has 0 bridgehead atoms. The summed E-state index contributed by atoms with van der Waals surface area (Å²) in [6, 6.07) is 12.2. The van der Waals surface area contributed by atoms with Gasteiger partial charge in [-0.05, 0) is 54.3 Å². The molecular weight excluding hydrogens is 415 g/mol. The number of carbonyl (C=O) groups excluding carboxylic acids is 1. The van der Waals surface area contributed by atoms with Gasteiger partial charge < -0.3 is 15.3 Å². The Morgan fingerprint density at radius 3 is 2.24 bits per heavy atom. The molecule has 33 heavy (non-hydrogen) atoms. The van der Waals surface area contributed by atoms with Crippen LogP contribution < -0.4 is 10.2 Å². The summed E-state index contributed by atoms with van der Waals surface area (Å²) in [7, 11) is 0. The van der Waals surface area contributed by atoms with E-state index in [4.69, 9.17) is 0 Å². The largest absolute Gasteiger partial charge is 0.395 e. The lowest BCUT2D eigenvalue weighted by atomic mass is 9.92. The van der Waals surface area contributed by atoms with Crippen molar-refractivity contribution in [1.82, 2.24) is 0 Å². The number of nitrogens with zero attached hydrogens (tertiary/aromatic N) is 1. The lowest BCUT2D eigenvalue weighted by Gasteiger charge is -2.30. The van der Waals surface area contributed by atoms with Crippen molar-refractivity contribution in [3.63, 3.8) is 0 Å². The van der Waals surface area contributed by atoms with Crippen molar-refractivity contribution in [3.8, 4) is 0 Å². The van der Waals surface area contributed by atoms with Crippen LogP contribution in [0.25, 0.3) is 5.57 Å². The van der Waals surface area contributed by atoms with Gasteiger partial charge in [0, 0.05) is 41.8 Å². The first kappa shape index (κ1) is 26.3. The Labute approximate surface area is 197 Å². The Balaban J connectivity index is 0.000000476. The van der Waals surface area contributed by atoms with Crippen LogP contribution in [0.4, 0.5) is 15.8 Å². The van der Waals surface area contributed by atoms with Gasteiger partial charge in [-0.2, -0.15) is 0 Å². The molecule has 1 aliphatic heterocycles. The Kier molecular flexibility index (Phi) is 10.3. The zero-order valence-corrected chi connectivity index (χ0v) is 20.3. The van der Waals surface area contributed by atoms with Gasteiger partial charge in [0.15, 0.2) is 5.78 Å². The summed E-state index contributed by atoms with van der Waals surface area (Å²) >= 11 is 0. The minimum Gasteiger partial charge on any atom is -0.395 e. The van der Waals surface area contributed by atoms with Crippen molar-refractivity contribution in [2.45, 2.75) is 53.5 Å². The quantitative estimate of drug-likeness (QED) is 0.520. The maximum atomic E-state index is 13.0. The molecule has 2 aromatic carbocycles. The van der Waals surface area contributed by atoms with Crippen LogP contribution in [0.2, 0.25) is 0 Å². The summed E-state index contributed by atoms with van der Waals surface area (Å²) in [5, 5.41) is 12.6. The highest BCUT2D eigenvalue weighted by atomic mass is 19.1. The highest BCUT2D eigenvalue weighted by Gasteiger charge is 2.23. The Morgan fingerprint density at radius 1 is 1.12 bits per heavy atom. The molecule has 5 heteroatoms. The fourth-order valence-electron chi connectivity index (χ4n) is 2.99. The molecule has 0 amide bonds. The molecule has 0 aromatic heterocycles. The molecule has 2 aliphatic rings. The number of aliphatic hydroxyl groups is 1. The summed E-state index contributed by atoms with van der Waals surface area (Å²) in [6.07, 6.45) is 6.24. The number of aliphatic hydroxyl groups excluding tert-OH is 1. The number of β-amino-alcohol motifs (C(OH)–C–C–N with tert-alkyl or cyclic N) is 1. The molecule has 0 radical (unpaired) electrons. The number of allylic oxidation sites excluding steroid dienone is 2. The van der Waals surface area contributed by atoms with Crippen LogP contribution >= 0.6 is 0 Å². The van der Waals surface area contributed by atoms with Crippen molar-refractivity contribution < 1.29 is 14.3 Å². The van der Waals surface area contributed by atoms with E-state index in [1.54, 1.807) is 18.3 Å². The molecule has 2 N–H and O–H groups in total. The van der Waals surface area contributed by atoms with E-state index in [1.807, 2.05) is 23.1 Å². The van der Waals surface area contributed by atoms with E-state index in [2.05, 4.69) is 32.7 Å². The molecule has 2 aromatic rings. The number of anilines is 2. The minimum atomic E-state index is -0.258. The van der Waals surface area contributed by atoms with Crippen LogP contribution in [0, 0.1) is 11.7 Å². The monoisotopic (exact) mass is 452 g/mol. The molecule has 0 spiro atoms. The molecule has 1 saturated carbocycles. The van der Waals surface area contributed by atoms with Gasteiger partial charge in [0.2, 0.25) is 0 Å². The van der Waals surface area contributed by atoms with E-state index < -0.39 is 0 Å². The van der Waals surface area contributed by atoms with Crippen molar-refractivity contribution in [2.24, 2.45) is 5.92 Å². The van der Waals surface area contributed by atoms with Gasteiger partial charge in [0.1, 0.15) is 5.82 Å². The molecule has 0 saturated heterocycles. The maximum absolute atomic E-state index is 13.0. The SMILES string of the molecule is C1CC1.C=C1C(C(C)=O)=CN(CCO)c2ccc(NCc3ccc(F)cc3)cc21.CC(C)C. The number of ketones is 1. The van der Waals surface area contributed by atoms with E-state index in [9.17, 15) is 14.3 Å². The molecule has 1 heterocycles. The van der Waals surface area contributed by atoms with Gasteiger partial charge in [0.05, 0.1) is 6.61 Å². The van der Waals surface area contributed by atoms with Gasteiger partial charge in [-0.1, -0.05) is 58.7 Å². The maximum Gasteiger partial charge on any atom is 0.161 e. The molecule has 178 valence electrons. The lowest BCUT2D eigenvalue weighted by Crippen LogP contribution is -2.26. The fraction of sp³-hybridized carbons (Fsp3) is 0.393. The van der Waals surface area contributed by atoms with Gasteiger partial charge in [-0.15, -0.1) is 0 Å². The summed E-state index contributed by atoms with van der Waals surface area (Å²) in [4.78, 5) is 13.8. The summed E-state index contributed by atoms with van der Waals surface area (Å²) in [6.45, 7) is 13.0. The molecule has 0 atom stereocenters. The standard InChI is InChI=1S/C21H21FN2O2.C4H10.C3H6/c1-14-19-11-18(23-12-16-3-5-17(22)6-4-16)7-8-21(19)24(9-10-25)13-20(14)15(2)26;1-4(2)3;1-2-3-1/h3-8,11,13,23,25H,1,9-10,12H2,2H3;4H,1-3H3;1-3H2. The summed E-state index contributed by atoms with van der Waals surface area (Å²) in [5.74, 6) is 0.514. The Morgan fingerprint density at radius 2 is 1.73 bits per heavy atom. The van der Waals surface area contributed by atoms with Crippen LogP contribution in [0.3, 0.4) is 0 Å². The minimum absolute atomic E-state index is 0.0157. The van der Waals surface area contributed by atoms with Crippen LogP contribution in [0.1, 0.15) is 58.1 Å². The predicted octanol–water partition coefficient (Wildman–Crippen LogP) is 6.57. The third-order valence-electron chi connectivity index (χ3n) is 4.72. The first-order valence-corrected chi connectivity index (χ1v) is 11.6. The number of nitrogens with one attached hydrogen (secondary N) is 1. The second kappa shape index (κ2) is 12.9. The molecule has 1 aliphatic carbocycles. The van der Waals surface area contributed by atoms with E-state index in [-0.39, 0.29) is 18.2 Å². The van der Waals surface area contributed by atoms with Gasteiger partial charge in [-0.3, -0.25) is 4.79 Å². The third-order valence-corrected chi connectivity index (χ3v) is 4.72. The number of fused-ring (bicyclic) bond motifs is 1. The Bertz CT molecular complexity index is 957. The normalized spacial score (nSPS) is 13.7. The van der Waals surface area contributed by atoms with Crippen molar-refractivity contribution in [1.29, 1.82) is 0 Å². The van der Waals surface area contributed by atoms with Crippen LogP contribution in [0.5, 0.6) is 0 Å². The predicted molar refractivity (Wildman–Crippen MR) is 137 cm³/mol. The number of Topliss-reactive ketones (excluding diaryl/α,β-unsaturated/α-hetero) is 1. The highest BCUT2D eigenvalue weighted by Crippen LogP contribution is 2.38. The van der Waals surface area contributed by atoms with Gasteiger partial charge in [-0.25, -0.2) is 4.39 Å². The molecule has 4 rings (SSSR count). The smallest absolute Gasteiger partial charge is 0.161 e. The Hall–Kier alpha value is -2.92. The van der Waals surface area contributed by atoms with Crippen LogP contribution in [-0.2, 0) is 11.3 Å². The topological polar surface area (TPSA) is 52.6 Å². The molecule has 0 unspecified atom stereocenters. The zero-order chi connectivity index (χ0) is 24.4.